The molecule has 0 fully saturated rings. The van der Waals surface area contributed by atoms with Crippen LogP contribution >= 0.6 is 11.8 Å². The summed E-state index contributed by atoms with van der Waals surface area (Å²) in [6.07, 6.45) is 0.823. The van der Waals surface area contributed by atoms with Gasteiger partial charge in [-0.3, -0.25) is 4.79 Å². The molecule has 1 amide bonds. The van der Waals surface area contributed by atoms with Crippen LogP contribution in [0.3, 0.4) is 0 Å². The number of nitrogen functional groups attached to an aromatic ring is 1. The molecule has 0 atom stereocenters. The first-order valence-electron chi connectivity index (χ1n) is 6.27. The number of aromatic nitrogens is 3. The van der Waals surface area contributed by atoms with Crippen molar-refractivity contribution in [3.63, 3.8) is 0 Å². The molecular formula is C13H17N5OS. The largest absolute Gasteiger partial charge is 0.355 e. The number of nitrogens with one attached hydrogen (secondary N) is 1. The molecule has 0 aliphatic heterocycles. The highest BCUT2D eigenvalue weighted by atomic mass is 32.2. The highest BCUT2D eigenvalue weighted by Gasteiger charge is 2.09. The molecule has 0 aliphatic carbocycles. The molecule has 1 aromatic carbocycles. The van der Waals surface area contributed by atoms with Crippen LogP contribution in [-0.4, -0.2) is 33.1 Å². The van der Waals surface area contributed by atoms with E-state index in [4.69, 9.17) is 5.84 Å². The summed E-state index contributed by atoms with van der Waals surface area (Å²) < 4.78 is 1.38. The topological polar surface area (TPSA) is 85.8 Å². The Labute approximate surface area is 121 Å². The fourth-order valence-electron chi connectivity index (χ4n) is 1.62. The van der Waals surface area contributed by atoms with Crippen molar-refractivity contribution in [3.8, 4) is 0 Å². The average molecular weight is 291 g/mol. The van der Waals surface area contributed by atoms with Crippen LogP contribution in [-0.2, 0) is 11.2 Å². The van der Waals surface area contributed by atoms with Gasteiger partial charge in [-0.05, 0) is 18.9 Å². The lowest BCUT2D eigenvalue weighted by atomic mass is 10.1. The third-order valence-electron chi connectivity index (χ3n) is 2.75. The molecule has 2 aromatic rings. The molecule has 3 N–H and O–H groups in total. The second-order valence-corrected chi connectivity index (χ2v) is 5.22. The van der Waals surface area contributed by atoms with Gasteiger partial charge in [0.25, 0.3) is 0 Å². The van der Waals surface area contributed by atoms with Gasteiger partial charge in [0.1, 0.15) is 5.82 Å². The van der Waals surface area contributed by atoms with Gasteiger partial charge in [0.05, 0.1) is 5.75 Å². The molecule has 6 nitrogen and oxygen atoms in total. The summed E-state index contributed by atoms with van der Waals surface area (Å²) in [5, 5.41) is 11.1. The van der Waals surface area contributed by atoms with Gasteiger partial charge in [-0.25, -0.2) is 4.68 Å². The summed E-state index contributed by atoms with van der Waals surface area (Å²) in [7, 11) is 0. The zero-order valence-electron chi connectivity index (χ0n) is 11.2. The van der Waals surface area contributed by atoms with Crippen LogP contribution in [0.25, 0.3) is 0 Å². The first-order valence-corrected chi connectivity index (χ1v) is 7.26. The highest BCUT2D eigenvalue weighted by molar-refractivity contribution is 7.99. The molecule has 0 aliphatic rings. The number of rotatable bonds is 6. The average Bonchev–Trinajstić information content (AvgIpc) is 2.78. The molecular weight excluding hydrogens is 274 g/mol. The van der Waals surface area contributed by atoms with E-state index in [1.54, 1.807) is 6.92 Å². The van der Waals surface area contributed by atoms with Gasteiger partial charge in [0.15, 0.2) is 0 Å². The van der Waals surface area contributed by atoms with Gasteiger partial charge in [0.2, 0.25) is 11.1 Å². The number of aryl methyl sites for hydroxylation is 1. The Hall–Kier alpha value is -2.02. The molecule has 0 radical (unpaired) electrons. The predicted molar refractivity (Wildman–Crippen MR) is 78.8 cm³/mol. The zero-order chi connectivity index (χ0) is 14.4. The Morgan fingerprint density at radius 3 is 2.75 bits per heavy atom. The zero-order valence-corrected chi connectivity index (χ0v) is 12.1. The Bertz CT molecular complexity index is 569. The van der Waals surface area contributed by atoms with E-state index in [0.29, 0.717) is 17.5 Å². The standard InChI is InChI=1S/C13H17N5OS/c1-10-16-17-13(18(10)14)20-9-12(19)15-8-7-11-5-3-2-4-6-11/h2-6H,7-9,14H2,1H3,(H,15,19). The maximum absolute atomic E-state index is 11.7. The van der Waals surface area contributed by atoms with Crippen molar-refractivity contribution in [2.75, 3.05) is 18.1 Å². The van der Waals surface area contributed by atoms with Crippen LogP contribution in [0.15, 0.2) is 35.5 Å². The van der Waals surface area contributed by atoms with Crippen molar-refractivity contribution in [3.05, 3.63) is 41.7 Å². The fraction of sp³-hybridized carbons (Fsp3) is 0.308. The van der Waals surface area contributed by atoms with E-state index in [0.717, 1.165) is 6.42 Å². The Kier molecular flexibility index (Phi) is 5.00. The van der Waals surface area contributed by atoms with Crippen molar-refractivity contribution >= 4 is 17.7 Å². The number of hydrogen-bond donors (Lipinski definition) is 2. The smallest absolute Gasteiger partial charge is 0.230 e. The van der Waals surface area contributed by atoms with Crippen LogP contribution in [0.2, 0.25) is 0 Å². The quantitative estimate of drug-likeness (QED) is 0.606. The van der Waals surface area contributed by atoms with Gasteiger partial charge in [-0.1, -0.05) is 42.1 Å². The van der Waals surface area contributed by atoms with Crippen LogP contribution in [0, 0.1) is 6.92 Å². The molecule has 1 heterocycles. The summed E-state index contributed by atoms with van der Waals surface area (Å²) >= 11 is 1.27. The molecule has 0 spiro atoms. The minimum absolute atomic E-state index is 0.0356. The van der Waals surface area contributed by atoms with Crippen LogP contribution in [0.1, 0.15) is 11.4 Å². The molecule has 0 bridgehead atoms. The number of carbonyl (C=O) groups is 1. The van der Waals surface area contributed by atoms with Gasteiger partial charge in [-0.15, -0.1) is 10.2 Å². The number of thioether (sulfide) groups is 1. The van der Waals surface area contributed by atoms with Crippen LogP contribution < -0.4 is 11.2 Å². The minimum atomic E-state index is -0.0356. The first-order chi connectivity index (χ1) is 9.66. The van der Waals surface area contributed by atoms with E-state index < -0.39 is 0 Å². The van der Waals surface area contributed by atoms with Crippen molar-refractivity contribution < 1.29 is 4.79 Å². The minimum Gasteiger partial charge on any atom is -0.355 e. The summed E-state index contributed by atoms with van der Waals surface area (Å²) in [5.74, 6) is 6.57. The number of hydrogen-bond acceptors (Lipinski definition) is 5. The van der Waals surface area contributed by atoms with E-state index in [1.165, 1.54) is 22.0 Å². The molecule has 0 saturated heterocycles. The number of nitrogens with two attached hydrogens (primary N) is 1. The van der Waals surface area contributed by atoms with E-state index in [9.17, 15) is 4.79 Å². The van der Waals surface area contributed by atoms with E-state index >= 15 is 0 Å². The van der Waals surface area contributed by atoms with E-state index in [-0.39, 0.29) is 11.7 Å². The lowest BCUT2D eigenvalue weighted by Crippen LogP contribution is -2.27. The Balaban J connectivity index is 1.69. The second-order valence-electron chi connectivity index (χ2n) is 4.27. The van der Waals surface area contributed by atoms with Crippen molar-refractivity contribution in [2.45, 2.75) is 18.5 Å². The first kappa shape index (κ1) is 14.4. The van der Waals surface area contributed by atoms with Crippen LogP contribution in [0.5, 0.6) is 0 Å². The molecule has 20 heavy (non-hydrogen) atoms. The molecule has 106 valence electrons. The van der Waals surface area contributed by atoms with Crippen molar-refractivity contribution in [1.29, 1.82) is 0 Å². The second kappa shape index (κ2) is 6.95. The lowest BCUT2D eigenvalue weighted by Gasteiger charge is -2.05. The third kappa shape index (κ3) is 3.99. The number of carbonyl (C=O) groups excluding carboxylic acids is 1. The normalized spacial score (nSPS) is 10.4. The summed E-state index contributed by atoms with van der Waals surface area (Å²) in [4.78, 5) is 11.7. The van der Waals surface area contributed by atoms with Gasteiger partial charge in [0, 0.05) is 6.54 Å². The van der Waals surface area contributed by atoms with Crippen LogP contribution in [0.4, 0.5) is 0 Å². The third-order valence-corrected chi connectivity index (χ3v) is 3.69. The maximum Gasteiger partial charge on any atom is 0.230 e. The van der Waals surface area contributed by atoms with Crippen molar-refractivity contribution in [1.82, 2.24) is 20.2 Å². The predicted octanol–water partition coefficient (Wildman–Crippen LogP) is 0.751. The molecule has 0 unspecified atom stereocenters. The molecule has 2 rings (SSSR count). The molecule has 7 heteroatoms. The summed E-state index contributed by atoms with van der Waals surface area (Å²) in [6, 6.07) is 10.0. The van der Waals surface area contributed by atoms with Gasteiger partial charge >= 0.3 is 0 Å². The van der Waals surface area contributed by atoms with Crippen molar-refractivity contribution in [2.24, 2.45) is 0 Å². The Morgan fingerprint density at radius 1 is 1.35 bits per heavy atom. The van der Waals surface area contributed by atoms with E-state index in [1.807, 2.05) is 30.3 Å². The summed E-state index contributed by atoms with van der Waals surface area (Å²) in [5.41, 5.74) is 1.21. The highest BCUT2D eigenvalue weighted by Crippen LogP contribution is 2.13. The molecule has 1 aromatic heterocycles. The monoisotopic (exact) mass is 291 g/mol. The van der Waals surface area contributed by atoms with Gasteiger partial charge < -0.3 is 11.2 Å². The number of amides is 1. The fourth-order valence-corrected chi connectivity index (χ4v) is 2.35. The van der Waals surface area contributed by atoms with Gasteiger partial charge in [-0.2, -0.15) is 0 Å². The Morgan fingerprint density at radius 2 is 2.10 bits per heavy atom. The molecule has 0 saturated carbocycles. The van der Waals surface area contributed by atoms with E-state index in [2.05, 4.69) is 15.5 Å². The number of nitrogens with zero attached hydrogens (tertiary/aromatic N) is 3. The SMILES string of the molecule is Cc1nnc(SCC(=O)NCCc2ccccc2)n1N. The number of benzene rings is 1. The lowest BCUT2D eigenvalue weighted by molar-refractivity contribution is -0.118. The summed E-state index contributed by atoms with van der Waals surface area (Å²) in [6.45, 7) is 2.38. The maximum atomic E-state index is 11.7.